The maximum Gasteiger partial charge on any atom is 0.118 e. The molecule has 100 valence electrons. The van der Waals surface area contributed by atoms with E-state index in [4.69, 9.17) is 15.2 Å². The summed E-state index contributed by atoms with van der Waals surface area (Å²) >= 11 is 0. The summed E-state index contributed by atoms with van der Waals surface area (Å²) < 4.78 is 10.5. The van der Waals surface area contributed by atoms with Crippen LogP contribution < -0.4 is 10.5 Å². The average Bonchev–Trinajstić information content (AvgIpc) is 2.40. The van der Waals surface area contributed by atoms with Crippen LogP contribution in [0, 0.1) is 0 Å². The molecule has 0 amide bonds. The molecule has 0 radical (unpaired) electrons. The van der Waals surface area contributed by atoms with E-state index in [1.54, 1.807) is 7.11 Å². The summed E-state index contributed by atoms with van der Waals surface area (Å²) in [7, 11) is 1.68. The van der Waals surface area contributed by atoms with Gasteiger partial charge in [-0.05, 0) is 24.6 Å². The van der Waals surface area contributed by atoms with Gasteiger partial charge in [-0.1, -0.05) is 12.1 Å². The number of benzene rings is 1. The highest BCUT2D eigenvalue weighted by molar-refractivity contribution is 5.28. The monoisotopic (exact) mass is 250 g/mol. The van der Waals surface area contributed by atoms with Gasteiger partial charge in [-0.25, -0.2) is 0 Å². The van der Waals surface area contributed by atoms with E-state index in [0.29, 0.717) is 0 Å². The van der Waals surface area contributed by atoms with Gasteiger partial charge in [0.25, 0.3) is 0 Å². The predicted molar refractivity (Wildman–Crippen MR) is 71.7 cm³/mol. The zero-order chi connectivity index (χ0) is 13.0. The third-order valence-corrected chi connectivity index (χ3v) is 3.45. The molecule has 1 unspecified atom stereocenters. The maximum absolute atomic E-state index is 6.43. The van der Waals surface area contributed by atoms with Crippen LogP contribution in [0.3, 0.4) is 0 Å². The first-order chi connectivity index (χ1) is 8.62. The minimum atomic E-state index is -0.321. The highest BCUT2D eigenvalue weighted by atomic mass is 16.5. The molecule has 1 saturated heterocycles. The van der Waals surface area contributed by atoms with Gasteiger partial charge in [-0.3, -0.25) is 4.90 Å². The second kappa shape index (κ2) is 5.69. The van der Waals surface area contributed by atoms with Crippen LogP contribution in [0.1, 0.15) is 12.5 Å². The molecule has 1 atom stereocenters. The fourth-order valence-electron chi connectivity index (χ4n) is 2.34. The van der Waals surface area contributed by atoms with Crippen molar-refractivity contribution in [1.82, 2.24) is 4.90 Å². The lowest BCUT2D eigenvalue weighted by molar-refractivity contribution is -0.0142. The van der Waals surface area contributed by atoms with Crippen molar-refractivity contribution in [2.24, 2.45) is 5.73 Å². The highest BCUT2D eigenvalue weighted by Gasteiger charge is 2.28. The van der Waals surface area contributed by atoms with Crippen molar-refractivity contribution in [3.05, 3.63) is 29.8 Å². The quantitative estimate of drug-likeness (QED) is 0.873. The van der Waals surface area contributed by atoms with E-state index in [9.17, 15) is 0 Å². The molecule has 4 nitrogen and oxygen atoms in total. The Morgan fingerprint density at radius 1 is 1.28 bits per heavy atom. The van der Waals surface area contributed by atoms with Crippen molar-refractivity contribution < 1.29 is 9.47 Å². The third-order valence-electron chi connectivity index (χ3n) is 3.45. The number of hydrogen-bond acceptors (Lipinski definition) is 4. The molecule has 2 rings (SSSR count). The second-order valence-corrected chi connectivity index (χ2v) is 4.98. The minimum Gasteiger partial charge on any atom is -0.497 e. The standard InChI is InChI=1S/C14H22N2O2/c1-14(15,16-7-9-18-10-8-16)11-12-3-5-13(17-2)6-4-12/h3-6H,7-11,15H2,1-2H3. The topological polar surface area (TPSA) is 47.7 Å². The SMILES string of the molecule is COc1ccc(CC(C)(N)N2CCOCC2)cc1. The lowest BCUT2D eigenvalue weighted by atomic mass is 10.00. The molecule has 1 heterocycles. The Morgan fingerprint density at radius 3 is 2.44 bits per heavy atom. The van der Waals surface area contributed by atoms with E-state index in [2.05, 4.69) is 24.0 Å². The van der Waals surface area contributed by atoms with Crippen molar-refractivity contribution in [3.63, 3.8) is 0 Å². The molecule has 2 N–H and O–H groups in total. The molecule has 4 heteroatoms. The summed E-state index contributed by atoms with van der Waals surface area (Å²) in [6, 6.07) is 8.10. The van der Waals surface area contributed by atoms with E-state index in [-0.39, 0.29) is 5.66 Å². The molecule has 1 aliphatic rings. The van der Waals surface area contributed by atoms with Crippen LogP contribution >= 0.6 is 0 Å². The summed E-state index contributed by atoms with van der Waals surface area (Å²) in [5.41, 5.74) is 7.34. The number of nitrogens with zero attached hydrogens (tertiary/aromatic N) is 1. The van der Waals surface area contributed by atoms with Gasteiger partial charge in [0.2, 0.25) is 0 Å². The Kier molecular flexibility index (Phi) is 4.22. The van der Waals surface area contributed by atoms with Gasteiger partial charge in [0.05, 0.1) is 26.0 Å². The zero-order valence-corrected chi connectivity index (χ0v) is 11.2. The third kappa shape index (κ3) is 3.22. The summed E-state index contributed by atoms with van der Waals surface area (Å²) in [4.78, 5) is 2.29. The highest BCUT2D eigenvalue weighted by Crippen LogP contribution is 2.19. The predicted octanol–water partition coefficient (Wildman–Crippen LogP) is 1.24. The summed E-state index contributed by atoms with van der Waals surface area (Å²) in [5, 5.41) is 0. The fourth-order valence-corrected chi connectivity index (χ4v) is 2.34. The largest absolute Gasteiger partial charge is 0.497 e. The Hall–Kier alpha value is -1.10. The molecular weight excluding hydrogens is 228 g/mol. The van der Waals surface area contributed by atoms with Crippen molar-refractivity contribution in [1.29, 1.82) is 0 Å². The van der Waals surface area contributed by atoms with Crippen molar-refractivity contribution in [2.45, 2.75) is 19.0 Å². The van der Waals surface area contributed by atoms with Crippen LogP contribution in [0.5, 0.6) is 5.75 Å². The smallest absolute Gasteiger partial charge is 0.118 e. The lowest BCUT2D eigenvalue weighted by Crippen LogP contribution is -2.58. The first-order valence-electron chi connectivity index (χ1n) is 6.36. The van der Waals surface area contributed by atoms with Crippen LogP contribution in [0.4, 0.5) is 0 Å². The van der Waals surface area contributed by atoms with Gasteiger partial charge in [-0.2, -0.15) is 0 Å². The summed E-state index contributed by atoms with van der Waals surface area (Å²) in [5.74, 6) is 0.879. The van der Waals surface area contributed by atoms with Crippen LogP contribution in [-0.2, 0) is 11.2 Å². The van der Waals surface area contributed by atoms with Crippen molar-refractivity contribution in [3.8, 4) is 5.75 Å². The summed E-state index contributed by atoms with van der Waals surface area (Å²) in [6.07, 6.45) is 0.830. The number of rotatable bonds is 4. The molecule has 0 aliphatic carbocycles. The summed E-state index contributed by atoms with van der Waals surface area (Å²) in [6.45, 7) is 5.44. The number of ether oxygens (including phenoxy) is 2. The molecule has 0 bridgehead atoms. The Morgan fingerprint density at radius 2 is 1.89 bits per heavy atom. The van der Waals surface area contributed by atoms with E-state index in [0.717, 1.165) is 38.5 Å². The maximum atomic E-state index is 6.43. The molecule has 1 aromatic rings. The first-order valence-corrected chi connectivity index (χ1v) is 6.36. The van der Waals surface area contributed by atoms with Gasteiger partial charge in [0.15, 0.2) is 0 Å². The van der Waals surface area contributed by atoms with E-state index in [1.807, 2.05) is 12.1 Å². The Labute approximate surface area is 109 Å². The fraction of sp³-hybridized carbons (Fsp3) is 0.571. The molecule has 0 aromatic heterocycles. The van der Waals surface area contributed by atoms with Crippen molar-refractivity contribution in [2.75, 3.05) is 33.4 Å². The molecule has 1 aliphatic heterocycles. The van der Waals surface area contributed by atoms with E-state index < -0.39 is 0 Å². The Balaban J connectivity index is 2.01. The molecular formula is C14H22N2O2. The van der Waals surface area contributed by atoms with Gasteiger partial charge in [0.1, 0.15) is 5.75 Å². The number of morpholine rings is 1. The minimum absolute atomic E-state index is 0.321. The van der Waals surface area contributed by atoms with Gasteiger partial charge < -0.3 is 15.2 Å². The van der Waals surface area contributed by atoms with Gasteiger partial charge >= 0.3 is 0 Å². The molecule has 18 heavy (non-hydrogen) atoms. The average molecular weight is 250 g/mol. The Bertz CT molecular complexity index is 370. The lowest BCUT2D eigenvalue weighted by Gasteiger charge is -2.40. The number of hydrogen-bond donors (Lipinski definition) is 1. The normalized spacial score (nSPS) is 20.4. The number of methoxy groups -OCH3 is 1. The molecule has 0 spiro atoms. The van der Waals surface area contributed by atoms with Crippen LogP contribution in [0.25, 0.3) is 0 Å². The van der Waals surface area contributed by atoms with Crippen LogP contribution in [0.2, 0.25) is 0 Å². The molecule has 0 saturated carbocycles. The zero-order valence-electron chi connectivity index (χ0n) is 11.2. The van der Waals surface area contributed by atoms with E-state index >= 15 is 0 Å². The van der Waals surface area contributed by atoms with Crippen molar-refractivity contribution >= 4 is 0 Å². The second-order valence-electron chi connectivity index (χ2n) is 4.98. The molecule has 1 fully saturated rings. The van der Waals surface area contributed by atoms with Crippen LogP contribution in [-0.4, -0.2) is 44.0 Å². The van der Waals surface area contributed by atoms with Crippen LogP contribution in [0.15, 0.2) is 24.3 Å². The first kappa shape index (κ1) is 13.3. The van der Waals surface area contributed by atoms with Gasteiger partial charge in [-0.15, -0.1) is 0 Å². The van der Waals surface area contributed by atoms with Gasteiger partial charge in [0, 0.05) is 19.5 Å². The number of nitrogens with two attached hydrogens (primary N) is 1. The van der Waals surface area contributed by atoms with E-state index in [1.165, 1.54) is 5.56 Å². The molecule has 1 aromatic carbocycles.